The lowest BCUT2D eigenvalue weighted by molar-refractivity contribution is -0.144. The molecule has 2 saturated heterocycles. The Hall–Kier alpha value is -0.610. The van der Waals surface area contributed by atoms with Gasteiger partial charge in [0.2, 0.25) is 0 Å². The zero-order chi connectivity index (χ0) is 12.5. The lowest BCUT2D eigenvalue weighted by Crippen LogP contribution is -2.52. The molecule has 4 atom stereocenters. The Labute approximate surface area is 108 Å². The summed E-state index contributed by atoms with van der Waals surface area (Å²) in [5, 5.41) is 10.1. The van der Waals surface area contributed by atoms with Crippen molar-refractivity contribution in [2.45, 2.75) is 63.1 Å². The topological polar surface area (TPSA) is 49.8 Å². The third kappa shape index (κ3) is 2.16. The number of hydrogen-bond acceptors (Lipinski definition) is 4. The maximum Gasteiger partial charge on any atom is 0.323 e. The summed E-state index contributed by atoms with van der Waals surface area (Å²) in [5.74, 6) is 0.327. The molecule has 0 aromatic rings. The molecule has 2 aliphatic heterocycles. The molecule has 0 bridgehead atoms. The van der Waals surface area contributed by atoms with Gasteiger partial charge in [-0.25, -0.2) is 0 Å². The third-order valence-electron chi connectivity index (χ3n) is 4.93. The fraction of sp³-hybridized carbons (Fsp3) is 0.929. The fourth-order valence-corrected chi connectivity index (χ4v) is 4.03. The standard InChI is InChI=1S/C14H23NO3/c16-13-6-3-4-10(13)11-5-1-2-8-15(11)12-7-9-18-14(12)17/h10-13,16H,1-9H2. The molecule has 4 heteroatoms. The van der Waals surface area contributed by atoms with Crippen LogP contribution in [-0.2, 0) is 9.53 Å². The molecule has 1 aliphatic carbocycles. The molecule has 2 heterocycles. The van der Waals surface area contributed by atoms with E-state index < -0.39 is 0 Å². The number of nitrogens with zero attached hydrogens (tertiary/aromatic N) is 1. The minimum atomic E-state index is -0.159. The smallest absolute Gasteiger partial charge is 0.323 e. The van der Waals surface area contributed by atoms with Crippen molar-refractivity contribution in [3.63, 3.8) is 0 Å². The van der Waals surface area contributed by atoms with Crippen molar-refractivity contribution in [1.82, 2.24) is 4.90 Å². The Morgan fingerprint density at radius 2 is 2.00 bits per heavy atom. The van der Waals surface area contributed by atoms with E-state index in [1.807, 2.05) is 0 Å². The van der Waals surface area contributed by atoms with Crippen LogP contribution in [-0.4, -0.2) is 47.3 Å². The summed E-state index contributed by atoms with van der Waals surface area (Å²) in [5.41, 5.74) is 0. The van der Waals surface area contributed by atoms with Gasteiger partial charge in [-0.2, -0.15) is 0 Å². The van der Waals surface area contributed by atoms with Crippen LogP contribution in [0.25, 0.3) is 0 Å². The number of rotatable bonds is 2. The van der Waals surface area contributed by atoms with E-state index in [4.69, 9.17) is 4.74 Å². The third-order valence-corrected chi connectivity index (χ3v) is 4.93. The predicted octanol–water partition coefficient (Wildman–Crippen LogP) is 1.32. The second-order valence-corrected chi connectivity index (χ2v) is 5.94. The van der Waals surface area contributed by atoms with E-state index in [1.165, 1.54) is 12.8 Å². The number of aliphatic hydroxyl groups excluding tert-OH is 1. The summed E-state index contributed by atoms with van der Waals surface area (Å²) >= 11 is 0. The summed E-state index contributed by atoms with van der Waals surface area (Å²) in [6.45, 7) is 1.56. The number of hydrogen-bond donors (Lipinski definition) is 1. The van der Waals surface area contributed by atoms with Gasteiger partial charge in [-0.3, -0.25) is 9.69 Å². The van der Waals surface area contributed by atoms with Gasteiger partial charge in [0.15, 0.2) is 0 Å². The summed E-state index contributed by atoms with van der Waals surface area (Å²) < 4.78 is 5.11. The number of aliphatic hydroxyl groups is 1. The monoisotopic (exact) mass is 253 g/mol. The number of piperidine rings is 1. The van der Waals surface area contributed by atoms with E-state index in [0.29, 0.717) is 18.6 Å². The van der Waals surface area contributed by atoms with Crippen LogP contribution >= 0.6 is 0 Å². The molecule has 0 spiro atoms. The van der Waals surface area contributed by atoms with E-state index in [1.54, 1.807) is 0 Å². The Morgan fingerprint density at radius 3 is 2.67 bits per heavy atom. The van der Waals surface area contributed by atoms with Crippen LogP contribution in [0.5, 0.6) is 0 Å². The molecule has 0 amide bonds. The lowest BCUT2D eigenvalue weighted by atomic mass is 9.86. The minimum Gasteiger partial charge on any atom is -0.464 e. The van der Waals surface area contributed by atoms with Gasteiger partial charge >= 0.3 is 5.97 Å². The Kier molecular flexibility index (Phi) is 3.57. The first kappa shape index (κ1) is 12.4. The molecule has 4 nitrogen and oxygen atoms in total. The van der Waals surface area contributed by atoms with Gasteiger partial charge in [0, 0.05) is 18.4 Å². The molecule has 0 aromatic carbocycles. The molecular weight excluding hydrogens is 230 g/mol. The Morgan fingerprint density at radius 1 is 1.11 bits per heavy atom. The molecule has 102 valence electrons. The van der Waals surface area contributed by atoms with Crippen LogP contribution in [0.3, 0.4) is 0 Å². The highest BCUT2D eigenvalue weighted by molar-refractivity contribution is 5.77. The van der Waals surface area contributed by atoms with E-state index in [2.05, 4.69) is 4.90 Å². The van der Waals surface area contributed by atoms with Gasteiger partial charge in [0.25, 0.3) is 0 Å². The highest BCUT2D eigenvalue weighted by Crippen LogP contribution is 2.37. The molecule has 0 radical (unpaired) electrons. The van der Waals surface area contributed by atoms with Gasteiger partial charge < -0.3 is 9.84 Å². The lowest BCUT2D eigenvalue weighted by Gasteiger charge is -2.42. The van der Waals surface area contributed by atoms with Gasteiger partial charge in [-0.05, 0) is 32.2 Å². The van der Waals surface area contributed by atoms with E-state index in [9.17, 15) is 9.90 Å². The Bertz CT molecular complexity index is 320. The van der Waals surface area contributed by atoms with Crippen molar-refractivity contribution in [3.8, 4) is 0 Å². The Balaban J connectivity index is 1.75. The molecule has 4 unspecified atom stereocenters. The maximum absolute atomic E-state index is 11.8. The summed E-state index contributed by atoms with van der Waals surface area (Å²) in [4.78, 5) is 14.1. The average molecular weight is 253 g/mol. The quantitative estimate of drug-likeness (QED) is 0.754. The number of cyclic esters (lactones) is 1. The highest BCUT2D eigenvalue weighted by Gasteiger charge is 2.43. The van der Waals surface area contributed by atoms with Crippen molar-refractivity contribution in [3.05, 3.63) is 0 Å². The number of carbonyl (C=O) groups is 1. The zero-order valence-electron chi connectivity index (χ0n) is 10.9. The van der Waals surface area contributed by atoms with Gasteiger partial charge in [0.1, 0.15) is 6.04 Å². The van der Waals surface area contributed by atoms with Crippen molar-refractivity contribution in [2.75, 3.05) is 13.2 Å². The first-order valence-electron chi connectivity index (χ1n) is 7.38. The molecule has 3 aliphatic rings. The minimum absolute atomic E-state index is 0.0388. The van der Waals surface area contributed by atoms with E-state index >= 15 is 0 Å². The predicted molar refractivity (Wildman–Crippen MR) is 67.1 cm³/mol. The van der Waals surface area contributed by atoms with E-state index in [-0.39, 0.29) is 18.1 Å². The second kappa shape index (κ2) is 5.17. The number of carbonyl (C=O) groups excluding carboxylic acids is 1. The largest absolute Gasteiger partial charge is 0.464 e. The van der Waals surface area contributed by atoms with Crippen LogP contribution in [0, 0.1) is 5.92 Å². The molecule has 1 saturated carbocycles. The van der Waals surface area contributed by atoms with E-state index in [0.717, 1.165) is 38.6 Å². The number of ether oxygens (including phenoxy) is 1. The van der Waals surface area contributed by atoms with Gasteiger partial charge in [-0.15, -0.1) is 0 Å². The van der Waals surface area contributed by atoms with Crippen LogP contribution in [0.2, 0.25) is 0 Å². The van der Waals surface area contributed by atoms with Gasteiger partial charge in [-0.1, -0.05) is 12.8 Å². The molecule has 18 heavy (non-hydrogen) atoms. The summed E-state index contributed by atoms with van der Waals surface area (Å²) in [6.07, 6.45) is 7.38. The summed E-state index contributed by atoms with van der Waals surface area (Å²) in [7, 11) is 0. The molecule has 0 aromatic heterocycles. The van der Waals surface area contributed by atoms with Crippen LogP contribution < -0.4 is 0 Å². The van der Waals surface area contributed by atoms with Gasteiger partial charge in [0.05, 0.1) is 12.7 Å². The van der Waals surface area contributed by atoms with Crippen LogP contribution in [0.15, 0.2) is 0 Å². The maximum atomic E-state index is 11.8. The zero-order valence-corrected chi connectivity index (χ0v) is 10.9. The SMILES string of the molecule is O=C1OCCC1N1CCCCC1C1CCCC1O. The molecule has 3 fully saturated rings. The molecule has 1 N–H and O–H groups in total. The highest BCUT2D eigenvalue weighted by atomic mass is 16.5. The van der Waals surface area contributed by atoms with Crippen molar-refractivity contribution in [1.29, 1.82) is 0 Å². The molecular formula is C14H23NO3. The fourth-order valence-electron chi connectivity index (χ4n) is 4.03. The average Bonchev–Trinajstić information content (AvgIpc) is 2.98. The van der Waals surface area contributed by atoms with Crippen molar-refractivity contribution in [2.24, 2.45) is 5.92 Å². The summed E-state index contributed by atoms with van der Waals surface area (Å²) in [6, 6.07) is 0.356. The number of esters is 1. The van der Waals surface area contributed by atoms with Crippen LogP contribution in [0.4, 0.5) is 0 Å². The second-order valence-electron chi connectivity index (χ2n) is 5.94. The van der Waals surface area contributed by atoms with Crippen molar-refractivity contribution >= 4 is 5.97 Å². The van der Waals surface area contributed by atoms with Crippen LogP contribution in [0.1, 0.15) is 44.9 Å². The first-order valence-corrected chi connectivity index (χ1v) is 7.38. The first-order chi connectivity index (χ1) is 8.77. The van der Waals surface area contributed by atoms with Crippen molar-refractivity contribution < 1.29 is 14.6 Å². The number of likely N-dealkylation sites (tertiary alicyclic amines) is 1. The molecule has 3 rings (SSSR count). The normalized spacial score (nSPS) is 42.2.